The zero-order valence-electron chi connectivity index (χ0n) is 12.9. The molecule has 3 unspecified atom stereocenters. The van der Waals surface area contributed by atoms with Crippen molar-refractivity contribution in [3.8, 4) is 0 Å². The van der Waals surface area contributed by atoms with Gasteiger partial charge in [0.1, 0.15) is 0 Å². The summed E-state index contributed by atoms with van der Waals surface area (Å²) in [6.45, 7) is 0. The van der Waals surface area contributed by atoms with E-state index in [9.17, 15) is 9.59 Å². The molecule has 1 saturated carbocycles. The second-order valence-electron chi connectivity index (χ2n) is 6.69. The SMILES string of the molecule is Cl.O=C1Cc2cc(NC(=O)C3CC4CCCCC4N3)ccc2N1. The molecule has 2 heterocycles. The average Bonchev–Trinajstić information content (AvgIpc) is 3.08. The molecule has 0 aromatic heterocycles. The second-order valence-corrected chi connectivity index (χ2v) is 6.69. The molecular weight excluding hydrogens is 314 g/mol. The highest BCUT2D eigenvalue weighted by Crippen LogP contribution is 2.33. The average molecular weight is 336 g/mol. The van der Waals surface area contributed by atoms with Gasteiger partial charge in [-0.15, -0.1) is 12.4 Å². The third-order valence-corrected chi connectivity index (χ3v) is 5.18. The quantitative estimate of drug-likeness (QED) is 0.777. The Morgan fingerprint density at radius 2 is 2.04 bits per heavy atom. The number of carbonyl (C=O) groups is 2. The molecule has 3 atom stereocenters. The lowest BCUT2D eigenvalue weighted by Gasteiger charge is -2.24. The van der Waals surface area contributed by atoms with E-state index in [1.54, 1.807) is 0 Å². The van der Waals surface area contributed by atoms with Gasteiger partial charge in [-0.25, -0.2) is 0 Å². The van der Waals surface area contributed by atoms with Gasteiger partial charge in [0.15, 0.2) is 0 Å². The number of fused-ring (bicyclic) bond motifs is 2. The first-order valence-corrected chi connectivity index (χ1v) is 8.19. The van der Waals surface area contributed by atoms with E-state index in [2.05, 4.69) is 16.0 Å². The highest BCUT2D eigenvalue weighted by atomic mass is 35.5. The van der Waals surface area contributed by atoms with Gasteiger partial charge in [0.25, 0.3) is 0 Å². The van der Waals surface area contributed by atoms with Crippen molar-refractivity contribution in [2.75, 3.05) is 10.6 Å². The fourth-order valence-electron chi connectivity index (χ4n) is 4.06. The van der Waals surface area contributed by atoms with E-state index in [4.69, 9.17) is 0 Å². The number of halogens is 1. The Balaban J connectivity index is 0.00000156. The van der Waals surface area contributed by atoms with Crippen LogP contribution >= 0.6 is 12.4 Å². The first kappa shape index (κ1) is 16.3. The fourth-order valence-corrected chi connectivity index (χ4v) is 4.06. The minimum absolute atomic E-state index is 0. The number of carbonyl (C=O) groups excluding carboxylic acids is 2. The highest BCUT2D eigenvalue weighted by Gasteiger charge is 2.38. The lowest BCUT2D eigenvalue weighted by Crippen LogP contribution is -2.39. The number of nitrogens with one attached hydrogen (secondary N) is 3. The fraction of sp³-hybridized carbons (Fsp3) is 0.529. The number of rotatable bonds is 2. The zero-order valence-corrected chi connectivity index (χ0v) is 13.7. The molecule has 2 fully saturated rings. The Bertz CT molecular complexity index is 620. The highest BCUT2D eigenvalue weighted by molar-refractivity contribution is 6.01. The smallest absolute Gasteiger partial charge is 0.241 e. The molecule has 0 spiro atoms. The summed E-state index contributed by atoms with van der Waals surface area (Å²) in [5.74, 6) is 0.720. The van der Waals surface area contributed by atoms with Crippen LogP contribution in [0.4, 0.5) is 11.4 Å². The van der Waals surface area contributed by atoms with E-state index in [0.29, 0.717) is 18.4 Å². The predicted molar refractivity (Wildman–Crippen MR) is 91.9 cm³/mol. The molecule has 1 aromatic carbocycles. The van der Waals surface area contributed by atoms with Gasteiger partial charge >= 0.3 is 0 Å². The zero-order chi connectivity index (χ0) is 15.1. The Labute approximate surface area is 142 Å². The van der Waals surface area contributed by atoms with E-state index in [1.807, 2.05) is 18.2 Å². The first-order chi connectivity index (χ1) is 10.7. The Morgan fingerprint density at radius 3 is 2.87 bits per heavy atom. The van der Waals surface area contributed by atoms with Gasteiger partial charge in [-0.05, 0) is 48.9 Å². The van der Waals surface area contributed by atoms with E-state index >= 15 is 0 Å². The number of hydrogen-bond acceptors (Lipinski definition) is 3. The van der Waals surface area contributed by atoms with Gasteiger partial charge in [0.2, 0.25) is 11.8 Å². The molecule has 5 nitrogen and oxygen atoms in total. The van der Waals surface area contributed by atoms with Crippen molar-refractivity contribution in [2.24, 2.45) is 5.92 Å². The molecule has 23 heavy (non-hydrogen) atoms. The summed E-state index contributed by atoms with van der Waals surface area (Å²) in [5, 5.41) is 9.29. The summed E-state index contributed by atoms with van der Waals surface area (Å²) in [7, 11) is 0. The summed E-state index contributed by atoms with van der Waals surface area (Å²) in [6.07, 6.45) is 6.35. The van der Waals surface area contributed by atoms with E-state index in [1.165, 1.54) is 25.7 Å². The number of benzene rings is 1. The lowest BCUT2D eigenvalue weighted by molar-refractivity contribution is -0.118. The molecular formula is C17H22ClN3O2. The van der Waals surface area contributed by atoms with Crippen LogP contribution in [0.1, 0.15) is 37.7 Å². The monoisotopic (exact) mass is 335 g/mol. The number of amides is 2. The molecule has 124 valence electrons. The van der Waals surface area contributed by atoms with Crippen LogP contribution in [0.15, 0.2) is 18.2 Å². The molecule has 3 aliphatic rings. The maximum atomic E-state index is 12.5. The third-order valence-electron chi connectivity index (χ3n) is 5.18. The van der Waals surface area contributed by atoms with Crippen molar-refractivity contribution in [1.29, 1.82) is 0 Å². The second kappa shape index (κ2) is 6.49. The van der Waals surface area contributed by atoms with E-state index in [-0.39, 0.29) is 30.3 Å². The van der Waals surface area contributed by atoms with E-state index < -0.39 is 0 Å². The van der Waals surface area contributed by atoms with Gasteiger partial charge in [0, 0.05) is 17.4 Å². The normalized spacial score (nSPS) is 28.3. The molecule has 1 saturated heterocycles. The lowest BCUT2D eigenvalue weighted by atomic mass is 9.85. The maximum absolute atomic E-state index is 12.5. The van der Waals surface area contributed by atoms with Gasteiger partial charge in [0.05, 0.1) is 12.5 Å². The van der Waals surface area contributed by atoms with Crippen LogP contribution < -0.4 is 16.0 Å². The Morgan fingerprint density at radius 1 is 1.22 bits per heavy atom. The molecule has 3 N–H and O–H groups in total. The molecule has 1 aliphatic carbocycles. The van der Waals surface area contributed by atoms with Crippen molar-refractivity contribution in [2.45, 2.75) is 50.6 Å². The van der Waals surface area contributed by atoms with Gasteiger partial charge in [-0.3, -0.25) is 9.59 Å². The van der Waals surface area contributed by atoms with Crippen molar-refractivity contribution in [3.05, 3.63) is 23.8 Å². The molecule has 2 amide bonds. The van der Waals surface area contributed by atoms with Crippen molar-refractivity contribution in [1.82, 2.24) is 5.32 Å². The summed E-state index contributed by atoms with van der Waals surface area (Å²) < 4.78 is 0. The molecule has 1 aromatic rings. The van der Waals surface area contributed by atoms with Crippen LogP contribution in [-0.4, -0.2) is 23.9 Å². The standard InChI is InChI=1S/C17H21N3O2.ClH/c21-16-9-11-7-12(5-6-14(11)20-16)18-17(22)15-8-10-3-1-2-4-13(10)19-15;/h5-7,10,13,15,19H,1-4,8-9H2,(H,18,22)(H,20,21);1H. The minimum Gasteiger partial charge on any atom is -0.326 e. The topological polar surface area (TPSA) is 70.2 Å². The predicted octanol–water partition coefficient (Wildman–Crippen LogP) is 2.46. The largest absolute Gasteiger partial charge is 0.326 e. The summed E-state index contributed by atoms with van der Waals surface area (Å²) in [6, 6.07) is 6.04. The first-order valence-electron chi connectivity index (χ1n) is 8.19. The van der Waals surface area contributed by atoms with Crippen molar-refractivity contribution in [3.63, 3.8) is 0 Å². The minimum atomic E-state index is -0.0823. The van der Waals surface area contributed by atoms with Crippen LogP contribution in [-0.2, 0) is 16.0 Å². The third kappa shape index (κ3) is 3.21. The van der Waals surface area contributed by atoms with Crippen LogP contribution in [0.5, 0.6) is 0 Å². The Kier molecular flexibility index (Phi) is 4.60. The maximum Gasteiger partial charge on any atom is 0.241 e. The summed E-state index contributed by atoms with van der Waals surface area (Å²) in [4.78, 5) is 23.8. The molecule has 2 aliphatic heterocycles. The van der Waals surface area contributed by atoms with E-state index in [0.717, 1.165) is 23.4 Å². The summed E-state index contributed by atoms with van der Waals surface area (Å²) >= 11 is 0. The summed E-state index contributed by atoms with van der Waals surface area (Å²) in [5.41, 5.74) is 2.58. The van der Waals surface area contributed by atoms with Crippen molar-refractivity contribution >= 4 is 35.6 Å². The molecule has 4 rings (SSSR count). The van der Waals surface area contributed by atoms with Crippen LogP contribution in [0.2, 0.25) is 0 Å². The number of anilines is 2. The molecule has 6 heteroatoms. The molecule has 0 bridgehead atoms. The molecule has 0 radical (unpaired) electrons. The van der Waals surface area contributed by atoms with Gasteiger partial charge < -0.3 is 16.0 Å². The van der Waals surface area contributed by atoms with Crippen LogP contribution in [0, 0.1) is 5.92 Å². The van der Waals surface area contributed by atoms with Crippen LogP contribution in [0.25, 0.3) is 0 Å². The Hall–Kier alpha value is -1.59. The van der Waals surface area contributed by atoms with Crippen molar-refractivity contribution < 1.29 is 9.59 Å². The van der Waals surface area contributed by atoms with Crippen LogP contribution in [0.3, 0.4) is 0 Å². The van der Waals surface area contributed by atoms with Gasteiger partial charge in [-0.1, -0.05) is 12.8 Å². The number of hydrogen-bond donors (Lipinski definition) is 3. The van der Waals surface area contributed by atoms with Gasteiger partial charge in [-0.2, -0.15) is 0 Å².